The molecule has 1 aromatic heterocycles. The van der Waals surface area contributed by atoms with Crippen molar-refractivity contribution in [3.05, 3.63) is 83.3 Å². The van der Waals surface area contributed by atoms with Crippen LogP contribution in [0.1, 0.15) is 56.1 Å². The molecule has 4 rings (SSSR count). The standard InChI is InChI=1S/C25H25N3O4/c1-17-11-12-18(16-21(17)27-24(30)22-10-7-15-32-22)23(29)26-20-9-4-3-8-19(20)25(31)28-13-5-2-6-14-28/h3-4,7-12,15-16H,2,5-6,13-14H2,1H3,(H,26,29)(H,27,30). The first-order valence-corrected chi connectivity index (χ1v) is 10.7. The zero-order valence-corrected chi connectivity index (χ0v) is 17.9. The lowest BCUT2D eigenvalue weighted by atomic mass is 10.1. The molecule has 0 spiro atoms. The molecule has 1 fully saturated rings. The van der Waals surface area contributed by atoms with Crippen molar-refractivity contribution in [1.29, 1.82) is 0 Å². The zero-order chi connectivity index (χ0) is 22.5. The zero-order valence-electron chi connectivity index (χ0n) is 17.9. The van der Waals surface area contributed by atoms with Crippen LogP contribution >= 0.6 is 0 Å². The second kappa shape index (κ2) is 9.51. The topological polar surface area (TPSA) is 91.7 Å². The third kappa shape index (κ3) is 4.72. The summed E-state index contributed by atoms with van der Waals surface area (Å²) >= 11 is 0. The maximum atomic E-state index is 13.0. The molecule has 3 amide bonds. The number of para-hydroxylation sites is 1. The van der Waals surface area contributed by atoms with Crippen LogP contribution in [0.2, 0.25) is 0 Å². The number of hydrogen-bond acceptors (Lipinski definition) is 4. The molecule has 0 unspecified atom stereocenters. The fourth-order valence-electron chi connectivity index (χ4n) is 3.73. The van der Waals surface area contributed by atoms with Crippen molar-refractivity contribution in [2.24, 2.45) is 0 Å². The Bertz CT molecular complexity index is 1130. The van der Waals surface area contributed by atoms with Crippen LogP contribution in [0.4, 0.5) is 11.4 Å². The molecule has 0 bridgehead atoms. The van der Waals surface area contributed by atoms with E-state index in [0.29, 0.717) is 22.5 Å². The van der Waals surface area contributed by atoms with Crippen molar-refractivity contribution in [3.8, 4) is 0 Å². The number of nitrogens with zero attached hydrogens (tertiary/aromatic N) is 1. The van der Waals surface area contributed by atoms with Crippen molar-refractivity contribution in [3.63, 3.8) is 0 Å². The molecule has 1 saturated heterocycles. The van der Waals surface area contributed by atoms with E-state index in [-0.39, 0.29) is 17.6 Å². The van der Waals surface area contributed by atoms with Gasteiger partial charge in [-0.1, -0.05) is 18.2 Å². The molecule has 2 heterocycles. The molecule has 7 heteroatoms. The Morgan fingerprint density at radius 3 is 2.34 bits per heavy atom. The summed E-state index contributed by atoms with van der Waals surface area (Å²) in [5, 5.41) is 5.63. The largest absolute Gasteiger partial charge is 0.459 e. The molecule has 1 aliphatic rings. The van der Waals surface area contributed by atoms with Crippen LogP contribution in [0.5, 0.6) is 0 Å². The van der Waals surface area contributed by atoms with Crippen molar-refractivity contribution in [2.45, 2.75) is 26.2 Å². The van der Waals surface area contributed by atoms with E-state index in [4.69, 9.17) is 4.42 Å². The second-order valence-corrected chi connectivity index (χ2v) is 7.81. The summed E-state index contributed by atoms with van der Waals surface area (Å²) in [6, 6.07) is 15.3. The first-order valence-electron chi connectivity index (χ1n) is 10.7. The molecule has 164 valence electrons. The van der Waals surface area contributed by atoms with Gasteiger partial charge in [0.05, 0.1) is 17.5 Å². The van der Waals surface area contributed by atoms with E-state index in [2.05, 4.69) is 10.6 Å². The monoisotopic (exact) mass is 431 g/mol. The van der Waals surface area contributed by atoms with Crippen LogP contribution in [0.3, 0.4) is 0 Å². The first-order chi connectivity index (χ1) is 15.5. The lowest BCUT2D eigenvalue weighted by Crippen LogP contribution is -2.36. The highest BCUT2D eigenvalue weighted by Gasteiger charge is 2.22. The number of benzene rings is 2. The third-order valence-electron chi connectivity index (χ3n) is 5.54. The van der Waals surface area contributed by atoms with E-state index in [0.717, 1.165) is 37.9 Å². The number of rotatable bonds is 5. The smallest absolute Gasteiger partial charge is 0.291 e. The number of carbonyl (C=O) groups is 3. The molecule has 0 saturated carbocycles. The molecular weight excluding hydrogens is 406 g/mol. The predicted molar refractivity (Wildman–Crippen MR) is 122 cm³/mol. The average molecular weight is 431 g/mol. The van der Waals surface area contributed by atoms with Gasteiger partial charge in [-0.05, 0) is 68.1 Å². The number of likely N-dealkylation sites (tertiary alicyclic amines) is 1. The van der Waals surface area contributed by atoms with Gasteiger partial charge in [0.25, 0.3) is 17.7 Å². The minimum Gasteiger partial charge on any atom is -0.459 e. The SMILES string of the molecule is Cc1ccc(C(=O)Nc2ccccc2C(=O)N2CCCCC2)cc1NC(=O)c1ccco1. The molecule has 2 N–H and O–H groups in total. The van der Waals surface area contributed by atoms with E-state index >= 15 is 0 Å². The summed E-state index contributed by atoms with van der Waals surface area (Å²) in [5.41, 5.74) is 2.63. The second-order valence-electron chi connectivity index (χ2n) is 7.81. The molecular formula is C25H25N3O4. The number of nitrogens with one attached hydrogen (secondary N) is 2. The van der Waals surface area contributed by atoms with Crippen LogP contribution in [-0.2, 0) is 0 Å². The van der Waals surface area contributed by atoms with E-state index < -0.39 is 5.91 Å². The highest BCUT2D eigenvalue weighted by molar-refractivity contribution is 6.10. The lowest BCUT2D eigenvalue weighted by molar-refractivity contribution is 0.0725. The van der Waals surface area contributed by atoms with Crippen molar-refractivity contribution in [2.75, 3.05) is 23.7 Å². The fourth-order valence-corrected chi connectivity index (χ4v) is 3.73. The summed E-state index contributed by atoms with van der Waals surface area (Å²) in [5.74, 6) is -0.647. The Morgan fingerprint density at radius 1 is 0.844 bits per heavy atom. The van der Waals surface area contributed by atoms with Crippen molar-refractivity contribution >= 4 is 29.1 Å². The van der Waals surface area contributed by atoms with Crippen LogP contribution in [0.25, 0.3) is 0 Å². The molecule has 0 aliphatic carbocycles. The fraction of sp³-hybridized carbons (Fsp3) is 0.240. The molecule has 1 aliphatic heterocycles. The lowest BCUT2D eigenvalue weighted by Gasteiger charge is -2.27. The van der Waals surface area contributed by atoms with Gasteiger partial charge in [-0.3, -0.25) is 14.4 Å². The summed E-state index contributed by atoms with van der Waals surface area (Å²) in [6.45, 7) is 3.31. The minimum absolute atomic E-state index is 0.0732. The van der Waals surface area contributed by atoms with Gasteiger partial charge in [0, 0.05) is 24.3 Å². The van der Waals surface area contributed by atoms with Crippen molar-refractivity contribution < 1.29 is 18.8 Å². The van der Waals surface area contributed by atoms with Crippen LogP contribution in [-0.4, -0.2) is 35.7 Å². The van der Waals surface area contributed by atoms with Crippen LogP contribution in [0.15, 0.2) is 65.3 Å². The van der Waals surface area contributed by atoms with Gasteiger partial charge < -0.3 is 20.0 Å². The van der Waals surface area contributed by atoms with Gasteiger partial charge in [-0.2, -0.15) is 0 Å². The molecule has 32 heavy (non-hydrogen) atoms. The Labute approximate surface area is 186 Å². The quantitative estimate of drug-likeness (QED) is 0.612. The summed E-state index contributed by atoms with van der Waals surface area (Å²) in [6.07, 6.45) is 4.55. The Morgan fingerprint density at radius 2 is 1.59 bits per heavy atom. The van der Waals surface area contributed by atoms with Gasteiger partial charge in [-0.25, -0.2) is 0 Å². The van der Waals surface area contributed by atoms with E-state index in [1.807, 2.05) is 11.8 Å². The summed E-state index contributed by atoms with van der Waals surface area (Å²) in [4.78, 5) is 40.1. The van der Waals surface area contributed by atoms with E-state index in [1.165, 1.54) is 6.26 Å². The average Bonchev–Trinajstić information content (AvgIpc) is 3.36. The van der Waals surface area contributed by atoms with E-state index in [1.54, 1.807) is 54.6 Å². The summed E-state index contributed by atoms with van der Waals surface area (Å²) in [7, 11) is 0. The number of aryl methyl sites for hydroxylation is 1. The number of amides is 3. The molecule has 3 aromatic rings. The summed E-state index contributed by atoms with van der Waals surface area (Å²) < 4.78 is 5.12. The number of anilines is 2. The maximum Gasteiger partial charge on any atom is 0.291 e. The molecule has 2 aromatic carbocycles. The predicted octanol–water partition coefficient (Wildman–Crippen LogP) is 4.72. The van der Waals surface area contributed by atoms with E-state index in [9.17, 15) is 14.4 Å². The highest BCUT2D eigenvalue weighted by Crippen LogP contribution is 2.23. The first kappa shape index (κ1) is 21.4. The Hall–Kier alpha value is -3.87. The van der Waals surface area contributed by atoms with Crippen molar-refractivity contribution in [1.82, 2.24) is 4.90 Å². The number of carbonyl (C=O) groups excluding carboxylic acids is 3. The van der Waals surface area contributed by atoms with Gasteiger partial charge in [0.2, 0.25) is 0 Å². The highest BCUT2D eigenvalue weighted by atomic mass is 16.3. The number of hydrogen-bond donors (Lipinski definition) is 2. The Balaban J connectivity index is 1.52. The normalized spacial score (nSPS) is 13.5. The molecule has 0 radical (unpaired) electrons. The van der Waals surface area contributed by atoms with Gasteiger partial charge in [0.15, 0.2) is 5.76 Å². The van der Waals surface area contributed by atoms with Gasteiger partial charge in [-0.15, -0.1) is 0 Å². The van der Waals surface area contributed by atoms with Crippen LogP contribution in [0, 0.1) is 6.92 Å². The van der Waals surface area contributed by atoms with Gasteiger partial charge in [0.1, 0.15) is 0 Å². The number of furan rings is 1. The maximum absolute atomic E-state index is 13.0. The van der Waals surface area contributed by atoms with Gasteiger partial charge >= 0.3 is 0 Å². The molecule has 7 nitrogen and oxygen atoms in total. The van der Waals surface area contributed by atoms with Crippen LogP contribution < -0.4 is 10.6 Å². The Kier molecular flexibility index (Phi) is 6.35. The third-order valence-corrected chi connectivity index (χ3v) is 5.54. The molecule has 0 atom stereocenters. The number of piperidine rings is 1. The minimum atomic E-state index is -0.395.